The van der Waals surface area contributed by atoms with Gasteiger partial charge < -0.3 is 10.1 Å². The number of sulfone groups is 1. The molecule has 2 unspecified atom stereocenters. The van der Waals surface area contributed by atoms with Crippen LogP contribution in [0.3, 0.4) is 0 Å². The standard InChI is InChI=1S/C14H29NO3S/c1-3-5-8-18-9-6-13(11-15-4-2)14-7-10-19(16,17)12-14/h13-15H,3-12H2,1-2H3. The van der Waals surface area contributed by atoms with E-state index in [-0.39, 0.29) is 0 Å². The predicted molar refractivity (Wildman–Crippen MR) is 79.1 cm³/mol. The van der Waals surface area contributed by atoms with Gasteiger partial charge in [0.1, 0.15) is 0 Å². The Bertz CT molecular complexity index is 330. The Morgan fingerprint density at radius 3 is 2.68 bits per heavy atom. The van der Waals surface area contributed by atoms with E-state index >= 15 is 0 Å². The summed E-state index contributed by atoms with van der Waals surface area (Å²) in [5, 5.41) is 3.35. The van der Waals surface area contributed by atoms with Gasteiger partial charge in [-0.05, 0) is 44.2 Å². The first-order chi connectivity index (χ1) is 9.09. The number of rotatable bonds is 10. The summed E-state index contributed by atoms with van der Waals surface area (Å²) in [6.45, 7) is 7.67. The molecule has 1 N–H and O–H groups in total. The fourth-order valence-corrected chi connectivity index (χ4v) is 4.53. The molecular weight excluding hydrogens is 262 g/mol. The lowest BCUT2D eigenvalue weighted by Crippen LogP contribution is -2.30. The van der Waals surface area contributed by atoms with E-state index in [1.807, 2.05) is 0 Å². The first-order valence-electron chi connectivity index (χ1n) is 7.58. The summed E-state index contributed by atoms with van der Waals surface area (Å²) in [7, 11) is -2.77. The van der Waals surface area contributed by atoms with E-state index in [2.05, 4.69) is 19.2 Å². The topological polar surface area (TPSA) is 55.4 Å². The highest BCUT2D eigenvalue weighted by atomic mass is 32.2. The molecule has 0 spiro atoms. The normalized spacial score (nSPS) is 23.6. The zero-order valence-electron chi connectivity index (χ0n) is 12.4. The SMILES string of the molecule is CCCCOCCC(CNCC)C1CCS(=O)(=O)C1. The van der Waals surface area contributed by atoms with Gasteiger partial charge in [-0.1, -0.05) is 20.3 Å². The maximum absolute atomic E-state index is 11.6. The molecule has 1 fully saturated rings. The molecule has 114 valence electrons. The van der Waals surface area contributed by atoms with Gasteiger partial charge in [0.25, 0.3) is 0 Å². The Morgan fingerprint density at radius 1 is 1.32 bits per heavy atom. The van der Waals surface area contributed by atoms with Gasteiger partial charge in [-0.15, -0.1) is 0 Å². The first kappa shape index (κ1) is 16.9. The van der Waals surface area contributed by atoms with Crippen molar-refractivity contribution >= 4 is 9.84 Å². The highest BCUT2D eigenvalue weighted by molar-refractivity contribution is 7.91. The van der Waals surface area contributed by atoms with Gasteiger partial charge in [-0.25, -0.2) is 8.42 Å². The van der Waals surface area contributed by atoms with Gasteiger partial charge in [-0.3, -0.25) is 0 Å². The summed E-state index contributed by atoms with van der Waals surface area (Å²) in [6.07, 6.45) is 4.06. The number of hydrogen-bond donors (Lipinski definition) is 1. The van der Waals surface area contributed by atoms with Crippen LogP contribution in [-0.4, -0.2) is 46.2 Å². The minimum atomic E-state index is -2.77. The second-order valence-corrected chi connectivity index (χ2v) is 7.71. The van der Waals surface area contributed by atoms with Gasteiger partial charge in [0, 0.05) is 13.2 Å². The predicted octanol–water partition coefficient (Wildman–Crippen LogP) is 1.85. The minimum Gasteiger partial charge on any atom is -0.381 e. The number of nitrogens with one attached hydrogen (secondary N) is 1. The maximum atomic E-state index is 11.6. The van der Waals surface area contributed by atoms with Crippen molar-refractivity contribution in [1.82, 2.24) is 5.32 Å². The number of hydrogen-bond acceptors (Lipinski definition) is 4. The molecular formula is C14H29NO3S. The number of unbranched alkanes of at least 4 members (excludes halogenated alkanes) is 1. The van der Waals surface area contributed by atoms with Crippen LogP contribution in [-0.2, 0) is 14.6 Å². The van der Waals surface area contributed by atoms with Crippen LogP contribution in [0.4, 0.5) is 0 Å². The second kappa shape index (κ2) is 8.93. The van der Waals surface area contributed by atoms with Crippen LogP contribution in [0.2, 0.25) is 0 Å². The molecule has 2 atom stereocenters. The molecule has 0 bridgehead atoms. The summed E-state index contributed by atoms with van der Waals surface area (Å²) >= 11 is 0. The molecule has 1 heterocycles. The van der Waals surface area contributed by atoms with Gasteiger partial charge in [-0.2, -0.15) is 0 Å². The van der Waals surface area contributed by atoms with Crippen molar-refractivity contribution < 1.29 is 13.2 Å². The first-order valence-corrected chi connectivity index (χ1v) is 9.40. The fraction of sp³-hybridized carbons (Fsp3) is 1.00. The lowest BCUT2D eigenvalue weighted by Gasteiger charge is -2.22. The Hall–Kier alpha value is -0.130. The summed E-state index contributed by atoms with van der Waals surface area (Å²) in [5.41, 5.74) is 0. The van der Waals surface area contributed by atoms with E-state index in [1.165, 1.54) is 0 Å². The van der Waals surface area contributed by atoms with Crippen LogP contribution in [0, 0.1) is 11.8 Å². The molecule has 1 aliphatic rings. The molecule has 0 aromatic heterocycles. The van der Waals surface area contributed by atoms with Crippen LogP contribution in [0.1, 0.15) is 39.5 Å². The lowest BCUT2D eigenvalue weighted by molar-refractivity contribution is 0.109. The highest BCUT2D eigenvalue weighted by Gasteiger charge is 2.33. The fourth-order valence-electron chi connectivity index (χ4n) is 2.61. The second-order valence-electron chi connectivity index (χ2n) is 5.49. The van der Waals surface area contributed by atoms with E-state index in [0.717, 1.165) is 52.0 Å². The average molecular weight is 291 g/mol. The molecule has 19 heavy (non-hydrogen) atoms. The largest absolute Gasteiger partial charge is 0.381 e. The summed E-state index contributed by atoms with van der Waals surface area (Å²) in [5.74, 6) is 1.49. The van der Waals surface area contributed by atoms with Crippen LogP contribution in [0.15, 0.2) is 0 Å². The molecule has 0 radical (unpaired) electrons. The Balaban J connectivity index is 2.34. The van der Waals surface area contributed by atoms with Gasteiger partial charge in [0.15, 0.2) is 9.84 Å². The molecule has 1 saturated heterocycles. The third kappa shape index (κ3) is 6.72. The van der Waals surface area contributed by atoms with E-state index in [9.17, 15) is 8.42 Å². The van der Waals surface area contributed by atoms with E-state index in [4.69, 9.17) is 4.74 Å². The van der Waals surface area contributed by atoms with Gasteiger partial charge in [0.05, 0.1) is 11.5 Å². The molecule has 1 aliphatic heterocycles. The monoisotopic (exact) mass is 291 g/mol. The lowest BCUT2D eigenvalue weighted by atomic mass is 9.89. The van der Waals surface area contributed by atoms with Crippen molar-refractivity contribution in [1.29, 1.82) is 0 Å². The van der Waals surface area contributed by atoms with E-state index in [0.29, 0.717) is 23.3 Å². The van der Waals surface area contributed by atoms with Crippen LogP contribution >= 0.6 is 0 Å². The zero-order valence-corrected chi connectivity index (χ0v) is 13.2. The van der Waals surface area contributed by atoms with Gasteiger partial charge >= 0.3 is 0 Å². The van der Waals surface area contributed by atoms with Gasteiger partial charge in [0.2, 0.25) is 0 Å². The van der Waals surface area contributed by atoms with Crippen molar-refractivity contribution in [3.05, 3.63) is 0 Å². The molecule has 0 aliphatic carbocycles. The van der Waals surface area contributed by atoms with E-state index in [1.54, 1.807) is 0 Å². The zero-order chi connectivity index (χ0) is 14.1. The molecule has 0 aromatic rings. The quantitative estimate of drug-likeness (QED) is 0.624. The van der Waals surface area contributed by atoms with Crippen molar-refractivity contribution in [2.24, 2.45) is 11.8 Å². The molecule has 0 amide bonds. The summed E-state index contributed by atoms with van der Waals surface area (Å²) < 4.78 is 28.8. The molecule has 4 nitrogen and oxygen atoms in total. The Morgan fingerprint density at radius 2 is 2.11 bits per heavy atom. The van der Waals surface area contributed by atoms with Crippen molar-refractivity contribution in [2.75, 3.05) is 37.8 Å². The summed E-state index contributed by atoms with van der Waals surface area (Å²) in [4.78, 5) is 0. The highest BCUT2D eigenvalue weighted by Crippen LogP contribution is 2.28. The third-order valence-corrected chi connectivity index (χ3v) is 5.66. The average Bonchev–Trinajstić information content (AvgIpc) is 2.73. The molecule has 5 heteroatoms. The minimum absolute atomic E-state index is 0.318. The maximum Gasteiger partial charge on any atom is 0.150 e. The Labute approximate surface area is 118 Å². The van der Waals surface area contributed by atoms with Crippen LogP contribution in [0.25, 0.3) is 0 Å². The Kier molecular flexibility index (Phi) is 7.95. The molecule has 0 aromatic carbocycles. The third-order valence-electron chi connectivity index (χ3n) is 3.87. The molecule has 0 saturated carbocycles. The summed E-state index contributed by atoms with van der Waals surface area (Å²) in [6, 6.07) is 0. The smallest absolute Gasteiger partial charge is 0.150 e. The van der Waals surface area contributed by atoms with Crippen molar-refractivity contribution in [3.63, 3.8) is 0 Å². The van der Waals surface area contributed by atoms with Crippen molar-refractivity contribution in [3.8, 4) is 0 Å². The number of ether oxygens (including phenoxy) is 1. The van der Waals surface area contributed by atoms with E-state index < -0.39 is 9.84 Å². The van der Waals surface area contributed by atoms with Crippen LogP contribution in [0.5, 0.6) is 0 Å². The van der Waals surface area contributed by atoms with Crippen molar-refractivity contribution in [2.45, 2.75) is 39.5 Å². The van der Waals surface area contributed by atoms with Crippen LogP contribution < -0.4 is 5.32 Å². The molecule has 1 rings (SSSR count).